The summed E-state index contributed by atoms with van der Waals surface area (Å²) in [4.78, 5) is 56.0. The topological polar surface area (TPSA) is 160 Å². The van der Waals surface area contributed by atoms with E-state index in [0.717, 1.165) is 27.2 Å². The lowest BCUT2D eigenvalue weighted by Crippen LogP contribution is -2.59. The quantitative estimate of drug-likeness (QED) is 0.0474. The number of amides is 3. The molecule has 3 amide bonds. The van der Waals surface area contributed by atoms with E-state index in [1.54, 1.807) is 27.7 Å². The van der Waals surface area contributed by atoms with Crippen molar-refractivity contribution in [3.63, 3.8) is 0 Å². The van der Waals surface area contributed by atoms with Crippen LogP contribution in [-0.2, 0) is 39.9 Å². The predicted molar refractivity (Wildman–Crippen MR) is 246 cm³/mol. The molecular formula is C50H68F3N3O11. The second-order valence-corrected chi connectivity index (χ2v) is 18.0. The molecule has 0 aromatic heterocycles. The highest BCUT2D eigenvalue weighted by Crippen LogP contribution is 2.44. The van der Waals surface area contributed by atoms with Gasteiger partial charge in [-0.1, -0.05) is 83.1 Å². The molecule has 3 aromatic carbocycles. The molecule has 0 heterocycles. The maximum Gasteiger partial charge on any atom is 0.407 e. The Hall–Kier alpha value is -5.55. The molecule has 0 bridgehead atoms. The van der Waals surface area contributed by atoms with E-state index in [1.807, 2.05) is 62.4 Å². The largest absolute Gasteiger partial charge is 0.496 e. The van der Waals surface area contributed by atoms with Crippen LogP contribution in [0.2, 0.25) is 0 Å². The zero-order valence-electron chi connectivity index (χ0n) is 40.4. The van der Waals surface area contributed by atoms with Gasteiger partial charge in [0.2, 0.25) is 11.8 Å². The molecule has 0 spiro atoms. The van der Waals surface area contributed by atoms with Crippen LogP contribution in [0, 0.1) is 11.3 Å². The van der Waals surface area contributed by atoms with Gasteiger partial charge < -0.3 is 48.7 Å². The van der Waals surface area contributed by atoms with Crippen LogP contribution in [0.15, 0.2) is 60.7 Å². The Labute approximate surface area is 392 Å². The SMILES string of the molecule is CCOC(=O)CCCCOc1cc(OC)c(CN(C(=O)[C@H](CC(C)C)NC(=O)[C@@H](NC(=O)OCC2c3ccccc3-c3ccccc32)C(C)(C)C)[C@@H](CC(OC)OC)CC(F)(F)F)c(OC)c1. The highest BCUT2D eigenvalue weighted by atomic mass is 19.4. The van der Waals surface area contributed by atoms with E-state index < -0.39 is 73.3 Å². The number of carbonyl (C=O) groups excluding carboxylic acids is 4. The summed E-state index contributed by atoms with van der Waals surface area (Å²) >= 11 is 0. The Morgan fingerprint density at radius 2 is 1.37 bits per heavy atom. The van der Waals surface area contributed by atoms with Crippen molar-refractivity contribution in [2.24, 2.45) is 11.3 Å². The molecule has 4 rings (SSSR count). The van der Waals surface area contributed by atoms with Gasteiger partial charge in [0.25, 0.3) is 0 Å². The lowest BCUT2D eigenvalue weighted by molar-refractivity contribution is -0.170. The van der Waals surface area contributed by atoms with Crippen LogP contribution in [0.5, 0.6) is 17.2 Å². The van der Waals surface area contributed by atoms with Crippen molar-refractivity contribution in [1.29, 1.82) is 0 Å². The van der Waals surface area contributed by atoms with Gasteiger partial charge in [0.1, 0.15) is 35.9 Å². The fourth-order valence-corrected chi connectivity index (χ4v) is 8.23. The Morgan fingerprint density at radius 3 is 1.88 bits per heavy atom. The lowest BCUT2D eigenvalue weighted by atomic mass is 9.86. The molecule has 14 nitrogen and oxygen atoms in total. The number of rotatable bonds is 25. The number of hydrogen-bond donors (Lipinski definition) is 2. The van der Waals surface area contributed by atoms with Crippen molar-refractivity contribution in [3.05, 3.63) is 77.4 Å². The molecule has 0 saturated heterocycles. The van der Waals surface area contributed by atoms with Crippen LogP contribution >= 0.6 is 0 Å². The van der Waals surface area contributed by atoms with E-state index in [9.17, 15) is 27.6 Å². The summed E-state index contributed by atoms with van der Waals surface area (Å²) < 4.78 is 82.6. The normalized spacial score (nSPS) is 13.8. The van der Waals surface area contributed by atoms with Gasteiger partial charge in [-0.05, 0) is 59.8 Å². The first kappa shape index (κ1) is 54.1. The van der Waals surface area contributed by atoms with E-state index >= 15 is 4.79 Å². The number of nitrogens with one attached hydrogen (secondary N) is 2. The Morgan fingerprint density at radius 1 is 0.791 bits per heavy atom. The van der Waals surface area contributed by atoms with Crippen LogP contribution in [0.25, 0.3) is 11.1 Å². The van der Waals surface area contributed by atoms with Crippen LogP contribution in [0.1, 0.15) is 103 Å². The van der Waals surface area contributed by atoms with Crippen molar-refractivity contribution in [3.8, 4) is 28.4 Å². The number of nitrogens with zero attached hydrogens (tertiary/aromatic N) is 1. The maximum atomic E-state index is 15.1. The third kappa shape index (κ3) is 15.5. The first-order chi connectivity index (χ1) is 31.7. The van der Waals surface area contributed by atoms with Crippen molar-refractivity contribution in [1.82, 2.24) is 15.5 Å². The number of carbonyl (C=O) groups is 4. The molecule has 3 atom stereocenters. The van der Waals surface area contributed by atoms with Crippen LogP contribution in [0.4, 0.5) is 18.0 Å². The Bertz CT molecular complexity index is 2030. The zero-order valence-corrected chi connectivity index (χ0v) is 40.4. The van der Waals surface area contributed by atoms with E-state index in [0.29, 0.717) is 18.6 Å². The van der Waals surface area contributed by atoms with Crippen LogP contribution < -0.4 is 24.8 Å². The minimum Gasteiger partial charge on any atom is -0.496 e. The van der Waals surface area contributed by atoms with Gasteiger partial charge in [0.05, 0.1) is 46.0 Å². The van der Waals surface area contributed by atoms with Gasteiger partial charge in [-0.15, -0.1) is 0 Å². The van der Waals surface area contributed by atoms with E-state index in [2.05, 4.69) is 10.6 Å². The number of hydrogen-bond acceptors (Lipinski definition) is 11. The van der Waals surface area contributed by atoms with Crippen molar-refractivity contribution in [2.45, 2.75) is 123 Å². The fraction of sp³-hybridized carbons (Fsp3) is 0.560. The van der Waals surface area contributed by atoms with Gasteiger partial charge in [0.15, 0.2) is 6.29 Å². The number of halogens is 3. The van der Waals surface area contributed by atoms with Gasteiger partial charge in [-0.2, -0.15) is 13.2 Å². The summed E-state index contributed by atoms with van der Waals surface area (Å²) in [6.07, 6.45) is -7.31. The molecule has 0 radical (unpaired) electrons. The minimum atomic E-state index is -4.75. The molecule has 1 aliphatic rings. The highest BCUT2D eigenvalue weighted by Gasteiger charge is 2.42. The molecule has 0 saturated carbocycles. The second-order valence-electron chi connectivity index (χ2n) is 18.0. The van der Waals surface area contributed by atoms with Crippen LogP contribution in [-0.4, -0.2) is 108 Å². The number of alkyl halides is 3. The predicted octanol–water partition coefficient (Wildman–Crippen LogP) is 8.96. The second kappa shape index (κ2) is 25.0. The molecule has 1 aliphatic carbocycles. The average molecular weight is 944 g/mol. The summed E-state index contributed by atoms with van der Waals surface area (Å²) in [5.41, 5.74) is 3.41. The van der Waals surface area contributed by atoms with Crippen molar-refractivity contribution >= 4 is 23.9 Å². The number of alkyl carbamates (subject to hydrolysis) is 1. The van der Waals surface area contributed by atoms with Gasteiger partial charge in [-0.25, -0.2) is 4.79 Å². The maximum absolute atomic E-state index is 15.1. The monoisotopic (exact) mass is 943 g/mol. The zero-order chi connectivity index (χ0) is 49.5. The molecular weight excluding hydrogens is 876 g/mol. The first-order valence-corrected chi connectivity index (χ1v) is 22.6. The van der Waals surface area contributed by atoms with Crippen molar-refractivity contribution in [2.75, 3.05) is 48.3 Å². The summed E-state index contributed by atoms with van der Waals surface area (Å²) in [6.45, 7) is 10.6. The standard InChI is InChI=1S/C50H68F3N3O11/c1-11-65-43(57)22-16-17-23-66-33-26-41(61-7)38(42(27-33)62-8)29-56(32(28-50(51,52)53)25-44(63-9)64-10)47(59)40(24-31(2)3)54-46(58)45(49(4,5)6)55-48(60)67-30-39-36-20-14-12-18-34(36)35-19-13-15-21-37(35)39/h12-15,18-21,26-27,31-32,39-40,44-45H,11,16-17,22-25,28-30H2,1-10H3,(H,54,58)(H,55,60)/t32-,40-,45+/m0/s1. The number of unbranched alkanes of at least 4 members (excludes halogenated alkanes) is 1. The molecule has 0 aliphatic heterocycles. The van der Waals surface area contributed by atoms with Gasteiger partial charge in [0, 0.05) is 51.2 Å². The molecule has 370 valence electrons. The smallest absolute Gasteiger partial charge is 0.407 e. The third-order valence-electron chi connectivity index (χ3n) is 11.5. The minimum absolute atomic E-state index is 0.0105. The summed E-state index contributed by atoms with van der Waals surface area (Å²) in [5, 5.41) is 5.52. The first-order valence-electron chi connectivity index (χ1n) is 22.6. The molecule has 67 heavy (non-hydrogen) atoms. The third-order valence-corrected chi connectivity index (χ3v) is 11.5. The van der Waals surface area contributed by atoms with Crippen LogP contribution in [0.3, 0.4) is 0 Å². The summed E-state index contributed by atoms with van der Waals surface area (Å²) in [6, 6.07) is 14.6. The average Bonchev–Trinajstić information content (AvgIpc) is 3.59. The summed E-state index contributed by atoms with van der Waals surface area (Å²) in [7, 11) is 5.30. The molecule has 3 aromatic rings. The molecule has 0 fully saturated rings. The Kier molecular flexibility index (Phi) is 20.2. The molecule has 0 unspecified atom stereocenters. The fourth-order valence-electron chi connectivity index (χ4n) is 8.23. The number of esters is 1. The molecule has 2 N–H and O–H groups in total. The number of ether oxygens (including phenoxy) is 7. The highest BCUT2D eigenvalue weighted by molar-refractivity contribution is 5.92. The van der Waals surface area contributed by atoms with Gasteiger partial charge >= 0.3 is 18.2 Å². The number of methoxy groups -OCH3 is 4. The summed E-state index contributed by atoms with van der Waals surface area (Å²) in [5.74, 6) is -1.72. The number of fused-ring (bicyclic) bond motifs is 3. The van der Waals surface area contributed by atoms with E-state index in [-0.39, 0.29) is 67.5 Å². The number of benzene rings is 3. The van der Waals surface area contributed by atoms with Gasteiger partial charge in [-0.3, -0.25) is 14.4 Å². The van der Waals surface area contributed by atoms with Crippen molar-refractivity contribution < 1.29 is 65.5 Å². The Balaban J connectivity index is 1.65. The van der Waals surface area contributed by atoms with E-state index in [1.165, 1.54) is 40.6 Å². The molecule has 17 heteroatoms. The van der Waals surface area contributed by atoms with E-state index in [4.69, 9.17) is 33.2 Å². The lowest BCUT2D eigenvalue weighted by Gasteiger charge is -2.38.